The summed E-state index contributed by atoms with van der Waals surface area (Å²) in [5.41, 5.74) is 1.75. The summed E-state index contributed by atoms with van der Waals surface area (Å²) in [6.07, 6.45) is 1.72. The van der Waals surface area contributed by atoms with Gasteiger partial charge in [0, 0.05) is 32.2 Å². The number of anilines is 2. The van der Waals surface area contributed by atoms with Gasteiger partial charge in [-0.2, -0.15) is 5.10 Å². The highest BCUT2D eigenvalue weighted by molar-refractivity contribution is 7.89. The summed E-state index contributed by atoms with van der Waals surface area (Å²) in [5, 5.41) is 11.2. The van der Waals surface area contributed by atoms with Gasteiger partial charge in [-0.3, -0.25) is 0 Å². The van der Waals surface area contributed by atoms with Gasteiger partial charge in [-0.05, 0) is 37.6 Å². The van der Waals surface area contributed by atoms with E-state index in [0.29, 0.717) is 37.9 Å². The molecule has 0 spiro atoms. The fraction of sp³-hybridized carbons (Fsp3) is 0.474. The van der Waals surface area contributed by atoms with Crippen molar-refractivity contribution in [1.82, 2.24) is 14.9 Å². The van der Waals surface area contributed by atoms with Gasteiger partial charge in [0.1, 0.15) is 5.75 Å². The Balaban J connectivity index is 1.52. The van der Waals surface area contributed by atoms with Gasteiger partial charge in [-0.25, -0.2) is 13.1 Å². The maximum absolute atomic E-state index is 12.5. The molecular weight excluding hydrogens is 394 g/mol. The topological polar surface area (TPSA) is 106 Å². The van der Waals surface area contributed by atoms with Crippen molar-refractivity contribution in [3.05, 3.63) is 36.0 Å². The molecule has 29 heavy (non-hydrogen) atoms. The van der Waals surface area contributed by atoms with Crippen LogP contribution in [0, 0.1) is 6.92 Å². The van der Waals surface area contributed by atoms with E-state index in [9.17, 15) is 8.42 Å². The van der Waals surface area contributed by atoms with E-state index >= 15 is 0 Å². The minimum Gasteiger partial charge on any atom is -0.494 e. The fourth-order valence-electron chi connectivity index (χ4n) is 3.00. The second kappa shape index (κ2) is 9.86. The Bertz CT molecular complexity index is 917. The number of hydrogen-bond acceptors (Lipinski definition) is 8. The van der Waals surface area contributed by atoms with Crippen molar-refractivity contribution in [3.8, 4) is 5.75 Å². The highest BCUT2D eigenvalue weighted by atomic mass is 32.2. The number of ether oxygens (including phenoxy) is 2. The second-order valence-corrected chi connectivity index (χ2v) is 8.35. The summed E-state index contributed by atoms with van der Waals surface area (Å²) < 4.78 is 38.4. The maximum atomic E-state index is 12.5. The molecule has 0 amide bonds. The molecule has 1 aliphatic heterocycles. The zero-order valence-corrected chi connectivity index (χ0v) is 17.5. The minimum atomic E-state index is -3.60. The van der Waals surface area contributed by atoms with Crippen molar-refractivity contribution in [2.45, 2.75) is 18.7 Å². The lowest BCUT2D eigenvalue weighted by Crippen LogP contribution is -2.36. The first kappa shape index (κ1) is 21.3. The SMILES string of the molecule is CCOc1ccc(S(=O)(=O)NCCNc2cc(N3CCOCC3)cnn2)cc1C. The predicted molar refractivity (Wildman–Crippen MR) is 111 cm³/mol. The number of nitrogens with one attached hydrogen (secondary N) is 2. The summed E-state index contributed by atoms with van der Waals surface area (Å²) >= 11 is 0. The minimum absolute atomic E-state index is 0.215. The van der Waals surface area contributed by atoms with Gasteiger partial charge in [0.2, 0.25) is 10.0 Å². The van der Waals surface area contributed by atoms with E-state index in [2.05, 4.69) is 25.1 Å². The van der Waals surface area contributed by atoms with E-state index in [4.69, 9.17) is 9.47 Å². The molecule has 9 nitrogen and oxygen atoms in total. The number of aryl methyl sites for hydroxylation is 1. The molecule has 2 N–H and O–H groups in total. The van der Waals surface area contributed by atoms with Gasteiger partial charge >= 0.3 is 0 Å². The Morgan fingerprint density at radius 1 is 1.21 bits per heavy atom. The zero-order chi connectivity index (χ0) is 20.7. The highest BCUT2D eigenvalue weighted by Gasteiger charge is 2.15. The number of sulfonamides is 1. The molecule has 1 saturated heterocycles. The highest BCUT2D eigenvalue weighted by Crippen LogP contribution is 2.21. The lowest BCUT2D eigenvalue weighted by atomic mass is 10.2. The van der Waals surface area contributed by atoms with E-state index in [1.807, 2.05) is 19.9 Å². The van der Waals surface area contributed by atoms with E-state index in [1.165, 1.54) is 0 Å². The van der Waals surface area contributed by atoms with Crippen molar-refractivity contribution in [3.63, 3.8) is 0 Å². The quantitative estimate of drug-likeness (QED) is 0.586. The molecule has 0 atom stereocenters. The third kappa shape index (κ3) is 5.78. The van der Waals surface area contributed by atoms with Crippen LogP contribution in [-0.2, 0) is 14.8 Å². The first-order valence-corrected chi connectivity index (χ1v) is 11.1. The number of benzene rings is 1. The standard InChI is InChI=1S/C19H27N5O4S/c1-3-28-18-5-4-17(12-15(18)2)29(25,26)22-7-6-20-19-13-16(14-21-23-19)24-8-10-27-11-9-24/h4-5,12-14,22H,3,6-11H2,1-2H3,(H,20,23). The molecule has 0 aliphatic carbocycles. The Kier molecular flexibility index (Phi) is 7.24. The molecule has 158 valence electrons. The van der Waals surface area contributed by atoms with Crippen LogP contribution in [0.15, 0.2) is 35.4 Å². The van der Waals surface area contributed by atoms with Crippen molar-refractivity contribution in [1.29, 1.82) is 0 Å². The van der Waals surface area contributed by atoms with E-state index in [-0.39, 0.29) is 11.4 Å². The van der Waals surface area contributed by atoms with Crippen LogP contribution >= 0.6 is 0 Å². The molecule has 1 aliphatic rings. The summed E-state index contributed by atoms with van der Waals surface area (Å²) in [4.78, 5) is 2.40. The molecule has 0 radical (unpaired) electrons. The Hall–Kier alpha value is -2.43. The molecular formula is C19H27N5O4S. The average Bonchev–Trinajstić information content (AvgIpc) is 2.74. The van der Waals surface area contributed by atoms with Crippen molar-refractivity contribution in [2.24, 2.45) is 0 Å². The largest absolute Gasteiger partial charge is 0.494 e. The van der Waals surface area contributed by atoms with Crippen LogP contribution in [0.25, 0.3) is 0 Å². The van der Waals surface area contributed by atoms with E-state index < -0.39 is 10.0 Å². The van der Waals surface area contributed by atoms with Gasteiger partial charge in [0.15, 0.2) is 5.82 Å². The van der Waals surface area contributed by atoms with Crippen molar-refractivity contribution < 1.29 is 17.9 Å². The first-order valence-electron chi connectivity index (χ1n) is 9.62. The molecule has 0 saturated carbocycles. The smallest absolute Gasteiger partial charge is 0.240 e. The number of rotatable bonds is 9. The Morgan fingerprint density at radius 2 is 2.00 bits per heavy atom. The number of nitrogens with zero attached hydrogens (tertiary/aromatic N) is 3. The summed E-state index contributed by atoms with van der Waals surface area (Å²) in [6.45, 7) is 7.86. The van der Waals surface area contributed by atoms with Gasteiger partial charge in [0.25, 0.3) is 0 Å². The molecule has 0 bridgehead atoms. The van der Waals surface area contributed by atoms with Gasteiger partial charge in [-0.1, -0.05) is 0 Å². The zero-order valence-electron chi connectivity index (χ0n) is 16.7. The number of morpholine rings is 1. The van der Waals surface area contributed by atoms with Crippen LogP contribution in [0.4, 0.5) is 11.5 Å². The van der Waals surface area contributed by atoms with Gasteiger partial charge in [0.05, 0.1) is 36.6 Å². The Morgan fingerprint density at radius 3 is 2.72 bits per heavy atom. The molecule has 1 aromatic heterocycles. The molecule has 10 heteroatoms. The molecule has 3 rings (SSSR count). The normalized spacial score (nSPS) is 14.6. The van der Waals surface area contributed by atoms with Crippen molar-refractivity contribution in [2.75, 3.05) is 56.2 Å². The fourth-order valence-corrected chi connectivity index (χ4v) is 4.12. The van der Waals surface area contributed by atoms with E-state index in [1.54, 1.807) is 24.4 Å². The van der Waals surface area contributed by atoms with Gasteiger partial charge in [-0.15, -0.1) is 5.10 Å². The second-order valence-electron chi connectivity index (χ2n) is 6.58. The van der Waals surface area contributed by atoms with Crippen LogP contribution in [-0.4, -0.2) is 64.6 Å². The van der Waals surface area contributed by atoms with E-state index in [0.717, 1.165) is 24.3 Å². The van der Waals surface area contributed by atoms with Gasteiger partial charge < -0.3 is 19.7 Å². The maximum Gasteiger partial charge on any atom is 0.240 e. The van der Waals surface area contributed by atoms with Crippen LogP contribution in [0.1, 0.15) is 12.5 Å². The van der Waals surface area contributed by atoms with Crippen LogP contribution < -0.4 is 19.7 Å². The van der Waals surface area contributed by atoms with Crippen LogP contribution in [0.3, 0.4) is 0 Å². The lowest BCUT2D eigenvalue weighted by molar-refractivity contribution is 0.122. The monoisotopic (exact) mass is 421 g/mol. The van der Waals surface area contributed by atoms with Crippen LogP contribution in [0.5, 0.6) is 5.75 Å². The third-order valence-electron chi connectivity index (χ3n) is 4.50. The molecule has 2 aromatic rings. The average molecular weight is 422 g/mol. The summed E-state index contributed by atoms with van der Waals surface area (Å²) in [5.74, 6) is 1.29. The number of hydrogen-bond donors (Lipinski definition) is 2. The summed E-state index contributed by atoms with van der Waals surface area (Å²) in [6, 6.07) is 6.74. The molecule has 1 aromatic carbocycles. The molecule has 2 heterocycles. The molecule has 0 unspecified atom stereocenters. The first-order chi connectivity index (χ1) is 14.0. The lowest BCUT2D eigenvalue weighted by Gasteiger charge is -2.28. The summed E-state index contributed by atoms with van der Waals surface area (Å²) in [7, 11) is -3.60. The van der Waals surface area contributed by atoms with Crippen LogP contribution in [0.2, 0.25) is 0 Å². The molecule has 1 fully saturated rings. The number of aromatic nitrogens is 2. The van der Waals surface area contributed by atoms with Crippen molar-refractivity contribution >= 4 is 21.5 Å². The third-order valence-corrected chi connectivity index (χ3v) is 5.95. The predicted octanol–water partition coefficient (Wildman–Crippen LogP) is 1.41. The Labute approximate surface area is 171 Å².